The Bertz CT molecular complexity index is 474. The minimum absolute atomic E-state index is 0.545. The van der Waals surface area contributed by atoms with Crippen LogP contribution in [-0.2, 0) is 13.5 Å². The van der Waals surface area contributed by atoms with Crippen molar-refractivity contribution in [1.82, 2.24) is 19.7 Å². The molecule has 0 aliphatic rings. The highest BCUT2D eigenvalue weighted by Crippen LogP contribution is 2.23. The first-order valence-electron chi connectivity index (χ1n) is 4.81. The molecule has 0 aromatic carbocycles. The molecule has 0 bridgehead atoms. The quantitative estimate of drug-likeness (QED) is 0.791. The van der Waals surface area contributed by atoms with Crippen LogP contribution in [0.4, 0.5) is 5.82 Å². The summed E-state index contributed by atoms with van der Waals surface area (Å²) >= 11 is 0. The first-order chi connectivity index (χ1) is 7.24. The molecule has 0 unspecified atom stereocenters. The number of nitrogens with zero attached hydrogens (tertiary/aromatic N) is 4. The molecule has 2 N–H and O–H groups in total. The second kappa shape index (κ2) is 3.68. The molecule has 0 saturated carbocycles. The summed E-state index contributed by atoms with van der Waals surface area (Å²) in [5.74, 6) is 0.545. The van der Waals surface area contributed by atoms with E-state index in [9.17, 15) is 0 Å². The van der Waals surface area contributed by atoms with Gasteiger partial charge >= 0.3 is 0 Å². The van der Waals surface area contributed by atoms with Crippen molar-refractivity contribution >= 4 is 5.82 Å². The number of aromatic nitrogens is 4. The highest BCUT2D eigenvalue weighted by atomic mass is 15.3. The molecule has 0 aliphatic heterocycles. The fourth-order valence-corrected chi connectivity index (χ4v) is 1.60. The smallest absolute Gasteiger partial charge is 0.130 e. The molecule has 2 aromatic rings. The molecule has 0 saturated heterocycles. The molecule has 0 atom stereocenters. The molecule has 78 valence electrons. The molecule has 2 aromatic heterocycles. The van der Waals surface area contributed by atoms with Crippen molar-refractivity contribution in [3.63, 3.8) is 0 Å². The number of nitrogen functional groups attached to an aromatic ring is 1. The van der Waals surface area contributed by atoms with Crippen molar-refractivity contribution < 1.29 is 0 Å². The van der Waals surface area contributed by atoms with Crippen LogP contribution in [0, 0.1) is 0 Å². The van der Waals surface area contributed by atoms with Gasteiger partial charge in [-0.1, -0.05) is 6.92 Å². The molecule has 15 heavy (non-hydrogen) atoms. The highest BCUT2D eigenvalue weighted by molar-refractivity contribution is 5.64. The van der Waals surface area contributed by atoms with E-state index in [1.807, 2.05) is 20.0 Å². The molecule has 0 amide bonds. The fourth-order valence-electron chi connectivity index (χ4n) is 1.60. The number of anilines is 1. The van der Waals surface area contributed by atoms with Gasteiger partial charge in [0.1, 0.15) is 12.1 Å². The Morgan fingerprint density at radius 2 is 2.20 bits per heavy atom. The standard InChI is InChI=1S/C10H13N5/c1-3-7-9(12-6-13-10(7)11)8-4-5-14-15(8)2/h4-6H,3H2,1-2H3,(H2,11,12,13). The lowest BCUT2D eigenvalue weighted by Crippen LogP contribution is -2.04. The second-order valence-corrected chi connectivity index (χ2v) is 3.28. The summed E-state index contributed by atoms with van der Waals surface area (Å²) in [5.41, 5.74) is 8.61. The minimum Gasteiger partial charge on any atom is -0.383 e. The van der Waals surface area contributed by atoms with E-state index in [0.717, 1.165) is 23.4 Å². The SMILES string of the molecule is CCc1c(N)ncnc1-c1ccnn1C. The van der Waals surface area contributed by atoms with E-state index >= 15 is 0 Å². The van der Waals surface area contributed by atoms with Gasteiger partial charge < -0.3 is 5.73 Å². The van der Waals surface area contributed by atoms with Gasteiger partial charge in [0, 0.05) is 18.8 Å². The molecular weight excluding hydrogens is 190 g/mol. The molecule has 0 fully saturated rings. The molecular formula is C10H13N5. The maximum Gasteiger partial charge on any atom is 0.130 e. The fraction of sp³-hybridized carbons (Fsp3) is 0.300. The van der Waals surface area contributed by atoms with Crippen LogP contribution < -0.4 is 5.73 Å². The van der Waals surface area contributed by atoms with Crippen molar-refractivity contribution in [2.75, 3.05) is 5.73 Å². The van der Waals surface area contributed by atoms with Gasteiger partial charge in [-0.2, -0.15) is 5.10 Å². The monoisotopic (exact) mass is 203 g/mol. The van der Waals surface area contributed by atoms with Crippen LogP contribution >= 0.6 is 0 Å². The van der Waals surface area contributed by atoms with Gasteiger partial charge in [-0.05, 0) is 12.5 Å². The molecule has 2 rings (SSSR count). The molecule has 0 aliphatic carbocycles. The summed E-state index contributed by atoms with van der Waals surface area (Å²) in [7, 11) is 1.88. The van der Waals surface area contributed by atoms with Gasteiger partial charge in [-0.3, -0.25) is 4.68 Å². The summed E-state index contributed by atoms with van der Waals surface area (Å²) in [4.78, 5) is 8.25. The van der Waals surface area contributed by atoms with Crippen LogP contribution in [0.3, 0.4) is 0 Å². The lowest BCUT2D eigenvalue weighted by molar-refractivity contribution is 0.771. The van der Waals surface area contributed by atoms with E-state index in [0.29, 0.717) is 5.82 Å². The van der Waals surface area contributed by atoms with Gasteiger partial charge in [0.25, 0.3) is 0 Å². The molecule has 2 heterocycles. The third kappa shape index (κ3) is 1.56. The van der Waals surface area contributed by atoms with Gasteiger partial charge in [0.05, 0.1) is 11.4 Å². The summed E-state index contributed by atoms with van der Waals surface area (Å²) in [6.07, 6.45) is 4.04. The van der Waals surface area contributed by atoms with E-state index in [-0.39, 0.29) is 0 Å². The lowest BCUT2D eigenvalue weighted by atomic mass is 10.1. The summed E-state index contributed by atoms with van der Waals surface area (Å²) in [6, 6.07) is 1.92. The average Bonchev–Trinajstić information content (AvgIpc) is 2.64. The Morgan fingerprint density at radius 3 is 2.80 bits per heavy atom. The first kappa shape index (κ1) is 9.64. The van der Waals surface area contributed by atoms with Crippen molar-refractivity contribution in [2.24, 2.45) is 7.05 Å². The van der Waals surface area contributed by atoms with Gasteiger partial charge in [0.2, 0.25) is 0 Å². The van der Waals surface area contributed by atoms with Gasteiger partial charge in [0.15, 0.2) is 0 Å². The van der Waals surface area contributed by atoms with Crippen LogP contribution in [0.2, 0.25) is 0 Å². The number of rotatable bonds is 2. The number of hydrogen-bond acceptors (Lipinski definition) is 4. The predicted molar refractivity (Wildman–Crippen MR) is 58.0 cm³/mol. The van der Waals surface area contributed by atoms with Crippen LogP contribution in [0.5, 0.6) is 0 Å². The molecule has 5 heteroatoms. The maximum absolute atomic E-state index is 5.81. The third-order valence-corrected chi connectivity index (χ3v) is 2.40. The van der Waals surface area contributed by atoms with Crippen molar-refractivity contribution in [2.45, 2.75) is 13.3 Å². The van der Waals surface area contributed by atoms with Crippen molar-refractivity contribution in [1.29, 1.82) is 0 Å². The predicted octanol–water partition coefficient (Wildman–Crippen LogP) is 1.02. The van der Waals surface area contributed by atoms with E-state index in [1.54, 1.807) is 10.9 Å². The zero-order valence-electron chi connectivity index (χ0n) is 8.81. The van der Waals surface area contributed by atoms with E-state index in [4.69, 9.17) is 5.73 Å². The second-order valence-electron chi connectivity index (χ2n) is 3.28. The largest absolute Gasteiger partial charge is 0.383 e. The van der Waals surface area contributed by atoms with Crippen LogP contribution in [-0.4, -0.2) is 19.7 Å². The summed E-state index contributed by atoms with van der Waals surface area (Å²) in [5, 5.41) is 4.11. The zero-order chi connectivity index (χ0) is 10.8. The van der Waals surface area contributed by atoms with Gasteiger partial charge in [-0.15, -0.1) is 0 Å². The number of hydrogen-bond donors (Lipinski definition) is 1. The third-order valence-electron chi connectivity index (χ3n) is 2.40. The topological polar surface area (TPSA) is 69.6 Å². The maximum atomic E-state index is 5.81. The Morgan fingerprint density at radius 1 is 1.40 bits per heavy atom. The molecule has 0 radical (unpaired) electrons. The van der Waals surface area contributed by atoms with Crippen LogP contribution in [0.25, 0.3) is 11.4 Å². The summed E-state index contributed by atoms with van der Waals surface area (Å²) in [6.45, 7) is 2.04. The average molecular weight is 203 g/mol. The molecule has 0 spiro atoms. The van der Waals surface area contributed by atoms with Crippen molar-refractivity contribution in [3.05, 3.63) is 24.2 Å². The van der Waals surface area contributed by atoms with E-state index in [1.165, 1.54) is 6.33 Å². The molecule has 5 nitrogen and oxygen atoms in total. The summed E-state index contributed by atoms with van der Waals surface area (Å²) < 4.78 is 1.78. The highest BCUT2D eigenvalue weighted by Gasteiger charge is 2.11. The Kier molecular flexibility index (Phi) is 2.37. The van der Waals surface area contributed by atoms with E-state index in [2.05, 4.69) is 15.1 Å². The zero-order valence-corrected chi connectivity index (χ0v) is 8.81. The lowest BCUT2D eigenvalue weighted by Gasteiger charge is -2.08. The normalized spacial score (nSPS) is 10.5. The number of aryl methyl sites for hydroxylation is 1. The Labute approximate surface area is 88.0 Å². The van der Waals surface area contributed by atoms with E-state index < -0.39 is 0 Å². The van der Waals surface area contributed by atoms with Gasteiger partial charge in [-0.25, -0.2) is 9.97 Å². The van der Waals surface area contributed by atoms with Crippen LogP contribution in [0.1, 0.15) is 12.5 Å². The minimum atomic E-state index is 0.545. The van der Waals surface area contributed by atoms with Crippen LogP contribution in [0.15, 0.2) is 18.6 Å². The first-order valence-corrected chi connectivity index (χ1v) is 4.81. The Balaban J connectivity index is 2.63. The number of nitrogens with two attached hydrogens (primary N) is 1. The Hall–Kier alpha value is -1.91. The van der Waals surface area contributed by atoms with Crippen molar-refractivity contribution in [3.8, 4) is 11.4 Å².